The Hall–Kier alpha value is -0.990. The van der Waals surface area contributed by atoms with Crippen molar-refractivity contribution in [1.29, 1.82) is 0 Å². The van der Waals surface area contributed by atoms with Gasteiger partial charge >= 0.3 is 0 Å². The van der Waals surface area contributed by atoms with Gasteiger partial charge in [0.15, 0.2) is 0 Å². The van der Waals surface area contributed by atoms with Gasteiger partial charge in [-0.2, -0.15) is 0 Å². The second-order valence-corrected chi connectivity index (χ2v) is 4.57. The van der Waals surface area contributed by atoms with Gasteiger partial charge in [0.25, 0.3) is 0 Å². The molecule has 0 spiro atoms. The van der Waals surface area contributed by atoms with Crippen LogP contribution in [0.15, 0.2) is 30.0 Å². The molecule has 3 heteroatoms. The summed E-state index contributed by atoms with van der Waals surface area (Å²) < 4.78 is 5.23. The van der Waals surface area contributed by atoms with Gasteiger partial charge in [-0.3, -0.25) is 0 Å². The van der Waals surface area contributed by atoms with Crippen molar-refractivity contribution in [3.8, 4) is 0 Å². The maximum Gasteiger partial charge on any atom is 0.103 e. The number of aryl methyl sites for hydroxylation is 1. The molecule has 0 saturated carbocycles. The molecule has 1 aromatic carbocycles. The molecule has 1 aromatic rings. The lowest BCUT2D eigenvalue weighted by Gasteiger charge is -2.19. The summed E-state index contributed by atoms with van der Waals surface area (Å²) in [4.78, 5) is 0. The third-order valence-electron chi connectivity index (χ3n) is 2.69. The molecule has 0 radical (unpaired) electrons. The Kier molecular flexibility index (Phi) is 3.52. The van der Waals surface area contributed by atoms with Gasteiger partial charge in [0.05, 0.1) is 12.9 Å². The van der Waals surface area contributed by atoms with Crippen LogP contribution in [-0.2, 0) is 4.74 Å². The first-order valence-corrected chi connectivity index (χ1v) is 5.80. The summed E-state index contributed by atoms with van der Waals surface area (Å²) >= 11 is 5.97. The molecule has 0 fully saturated rings. The van der Waals surface area contributed by atoms with E-state index in [1.54, 1.807) is 12.3 Å². The number of benzene rings is 1. The molecule has 1 aliphatic heterocycles. The third kappa shape index (κ3) is 2.57. The number of aliphatic hydroxyl groups excluding tert-OH is 1. The molecule has 1 unspecified atom stereocenters. The Bertz CT molecular complexity index is 392. The van der Waals surface area contributed by atoms with Gasteiger partial charge in [0.2, 0.25) is 0 Å². The Morgan fingerprint density at radius 2 is 2.19 bits per heavy atom. The zero-order chi connectivity index (χ0) is 11.5. The summed E-state index contributed by atoms with van der Waals surface area (Å²) in [7, 11) is 0. The molecule has 0 bridgehead atoms. The molecule has 0 amide bonds. The predicted octanol–water partition coefficient (Wildman–Crippen LogP) is 3.38. The second kappa shape index (κ2) is 4.89. The van der Waals surface area contributed by atoms with Crippen LogP contribution in [0, 0.1) is 6.92 Å². The van der Waals surface area contributed by atoms with Crippen molar-refractivity contribution >= 4 is 11.6 Å². The molecule has 1 N–H and O–H groups in total. The summed E-state index contributed by atoms with van der Waals surface area (Å²) in [5, 5.41) is 10.8. The first kappa shape index (κ1) is 11.5. The number of hydrogen-bond acceptors (Lipinski definition) is 2. The molecule has 0 aromatic heterocycles. The highest BCUT2D eigenvalue weighted by atomic mass is 35.5. The van der Waals surface area contributed by atoms with Crippen LogP contribution in [0.1, 0.15) is 30.1 Å². The van der Waals surface area contributed by atoms with E-state index in [1.165, 1.54) is 0 Å². The monoisotopic (exact) mass is 238 g/mol. The summed E-state index contributed by atoms with van der Waals surface area (Å²) in [6.07, 6.45) is 2.91. The molecule has 86 valence electrons. The molecule has 0 saturated heterocycles. The van der Waals surface area contributed by atoms with Crippen LogP contribution in [0.25, 0.3) is 0 Å². The van der Waals surface area contributed by atoms with E-state index < -0.39 is 6.10 Å². The van der Waals surface area contributed by atoms with Crippen molar-refractivity contribution < 1.29 is 9.84 Å². The average Bonchev–Trinajstić information content (AvgIpc) is 2.28. The SMILES string of the molecule is Cc1cc(Cl)cc(C(O)C2=COCCC2)c1. The zero-order valence-corrected chi connectivity index (χ0v) is 10.00. The van der Waals surface area contributed by atoms with Crippen LogP contribution in [-0.4, -0.2) is 11.7 Å². The maximum atomic E-state index is 10.2. The standard InChI is InChI=1S/C13H15ClO2/c1-9-5-11(7-12(14)6-9)13(15)10-3-2-4-16-8-10/h5-8,13,15H,2-4H2,1H3. The zero-order valence-electron chi connectivity index (χ0n) is 9.24. The fraction of sp³-hybridized carbons (Fsp3) is 0.385. The fourth-order valence-electron chi connectivity index (χ4n) is 1.92. The van der Waals surface area contributed by atoms with Gasteiger partial charge in [-0.1, -0.05) is 17.7 Å². The van der Waals surface area contributed by atoms with Crippen molar-refractivity contribution in [3.63, 3.8) is 0 Å². The van der Waals surface area contributed by atoms with Crippen LogP contribution < -0.4 is 0 Å². The van der Waals surface area contributed by atoms with Crippen molar-refractivity contribution in [2.75, 3.05) is 6.61 Å². The third-order valence-corrected chi connectivity index (χ3v) is 2.91. The van der Waals surface area contributed by atoms with E-state index in [0.717, 1.165) is 36.1 Å². The van der Waals surface area contributed by atoms with Gasteiger partial charge in [-0.25, -0.2) is 0 Å². The molecule has 16 heavy (non-hydrogen) atoms. The normalized spacial score (nSPS) is 17.6. The smallest absolute Gasteiger partial charge is 0.103 e. The number of halogens is 1. The van der Waals surface area contributed by atoms with Crippen LogP contribution in [0.5, 0.6) is 0 Å². The van der Waals surface area contributed by atoms with Crippen LogP contribution in [0.2, 0.25) is 5.02 Å². The Morgan fingerprint density at radius 3 is 2.81 bits per heavy atom. The van der Waals surface area contributed by atoms with E-state index in [1.807, 2.05) is 19.1 Å². The number of hydrogen-bond donors (Lipinski definition) is 1. The topological polar surface area (TPSA) is 29.5 Å². The van der Waals surface area contributed by atoms with Crippen LogP contribution in [0.3, 0.4) is 0 Å². The van der Waals surface area contributed by atoms with Crippen molar-refractivity contribution in [1.82, 2.24) is 0 Å². The van der Waals surface area contributed by atoms with E-state index in [0.29, 0.717) is 5.02 Å². The lowest BCUT2D eigenvalue weighted by atomic mass is 9.97. The lowest BCUT2D eigenvalue weighted by Crippen LogP contribution is -2.08. The summed E-state index contributed by atoms with van der Waals surface area (Å²) in [6.45, 7) is 2.71. The maximum absolute atomic E-state index is 10.2. The van der Waals surface area contributed by atoms with E-state index >= 15 is 0 Å². The molecule has 0 aliphatic carbocycles. The molecule has 1 heterocycles. The minimum atomic E-state index is -0.599. The van der Waals surface area contributed by atoms with Gasteiger partial charge in [0.1, 0.15) is 6.10 Å². The summed E-state index contributed by atoms with van der Waals surface area (Å²) in [5.74, 6) is 0. The number of ether oxygens (including phenoxy) is 1. The average molecular weight is 239 g/mol. The fourth-order valence-corrected chi connectivity index (χ4v) is 2.22. The Labute approximate surface area is 101 Å². The predicted molar refractivity (Wildman–Crippen MR) is 64.4 cm³/mol. The Morgan fingerprint density at radius 1 is 1.38 bits per heavy atom. The van der Waals surface area contributed by atoms with E-state index in [-0.39, 0.29) is 0 Å². The van der Waals surface area contributed by atoms with Gasteiger partial charge in [-0.05, 0) is 48.6 Å². The van der Waals surface area contributed by atoms with Crippen molar-refractivity contribution in [3.05, 3.63) is 46.2 Å². The second-order valence-electron chi connectivity index (χ2n) is 4.13. The minimum absolute atomic E-state index is 0.599. The first-order valence-electron chi connectivity index (χ1n) is 5.42. The molecular formula is C13H15ClO2. The first-order chi connectivity index (χ1) is 7.66. The molecule has 2 nitrogen and oxygen atoms in total. The minimum Gasteiger partial charge on any atom is -0.501 e. The van der Waals surface area contributed by atoms with E-state index in [4.69, 9.17) is 16.3 Å². The van der Waals surface area contributed by atoms with Gasteiger partial charge < -0.3 is 9.84 Å². The van der Waals surface area contributed by atoms with Crippen LogP contribution >= 0.6 is 11.6 Å². The molecule has 2 rings (SSSR count). The van der Waals surface area contributed by atoms with Gasteiger partial charge in [-0.15, -0.1) is 0 Å². The van der Waals surface area contributed by atoms with Crippen LogP contribution in [0.4, 0.5) is 0 Å². The van der Waals surface area contributed by atoms with Gasteiger partial charge in [0, 0.05) is 5.02 Å². The molecular weight excluding hydrogens is 224 g/mol. The van der Waals surface area contributed by atoms with E-state index in [2.05, 4.69) is 0 Å². The summed E-state index contributed by atoms with van der Waals surface area (Å²) in [6, 6.07) is 5.63. The largest absolute Gasteiger partial charge is 0.501 e. The van der Waals surface area contributed by atoms with E-state index in [9.17, 15) is 5.11 Å². The lowest BCUT2D eigenvalue weighted by molar-refractivity contribution is 0.170. The van der Waals surface area contributed by atoms with Crippen molar-refractivity contribution in [2.45, 2.75) is 25.9 Å². The van der Waals surface area contributed by atoms with Crippen molar-refractivity contribution in [2.24, 2.45) is 0 Å². The molecule has 1 aliphatic rings. The summed E-state index contributed by atoms with van der Waals surface area (Å²) in [5.41, 5.74) is 2.81. The number of aliphatic hydroxyl groups is 1. The highest BCUT2D eigenvalue weighted by molar-refractivity contribution is 6.30. The number of rotatable bonds is 2. The highest BCUT2D eigenvalue weighted by Gasteiger charge is 2.16. The Balaban J connectivity index is 2.25. The quantitative estimate of drug-likeness (QED) is 0.856. The highest BCUT2D eigenvalue weighted by Crippen LogP contribution is 2.29. The molecule has 1 atom stereocenters.